The molecule has 0 heterocycles. The monoisotopic (exact) mass is 511 g/mol. The van der Waals surface area contributed by atoms with E-state index in [2.05, 4.69) is 27.9 Å². The van der Waals surface area contributed by atoms with Crippen LogP contribution in [0.1, 0.15) is 89.9 Å². The minimum atomic E-state index is -4.00. The van der Waals surface area contributed by atoms with Gasteiger partial charge < -0.3 is 5.32 Å². The van der Waals surface area contributed by atoms with Gasteiger partial charge in [-0.3, -0.25) is 4.79 Å². The van der Waals surface area contributed by atoms with E-state index in [0.717, 1.165) is 47.8 Å². The number of benzene rings is 1. The van der Waals surface area contributed by atoms with Crippen LogP contribution in [0.25, 0.3) is 0 Å². The second kappa shape index (κ2) is 15.1. The Morgan fingerprint density at radius 3 is 1.82 bits per heavy atom. The molecule has 0 fully saturated rings. The third-order valence-electron chi connectivity index (χ3n) is 4.72. The lowest BCUT2D eigenvalue weighted by atomic mass is 10.0. The Morgan fingerprint density at radius 1 is 0.821 bits per heavy atom. The van der Waals surface area contributed by atoms with Crippen molar-refractivity contribution in [3.05, 3.63) is 27.8 Å². The van der Waals surface area contributed by atoms with E-state index in [4.69, 9.17) is 0 Å². The summed E-state index contributed by atoms with van der Waals surface area (Å²) in [5, 5.41) is 2.93. The molecule has 1 amide bonds. The normalized spacial score (nSPS) is 11.6. The van der Waals surface area contributed by atoms with Crippen LogP contribution in [-0.2, 0) is 4.79 Å². The molecular formula is C22H33F3INO. The number of carbonyl (C=O) groups excluding carboxylic acids is 1. The lowest BCUT2D eigenvalue weighted by Gasteiger charge is -2.06. The summed E-state index contributed by atoms with van der Waals surface area (Å²) in [6.07, 6.45) is 7.95. The van der Waals surface area contributed by atoms with E-state index in [1.165, 1.54) is 25.7 Å². The molecule has 2 nitrogen and oxygen atoms in total. The molecular weight excluding hydrogens is 478 g/mol. The topological polar surface area (TPSA) is 29.1 Å². The van der Waals surface area contributed by atoms with Crippen LogP contribution in [0.4, 0.5) is 18.9 Å². The molecule has 0 unspecified atom stereocenters. The number of hydrogen-bond donors (Lipinski definition) is 1. The highest BCUT2D eigenvalue weighted by atomic mass is 127. The Labute approximate surface area is 181 Å². The summed E-state index contributed by atoms with van der Waals surface area (Å²) >= 11 is 2.23. The van der Waals surface area contributed by atoms with Crippen LogP contribution in [0.5, 0.6) is 0 Å². The van der Waals surface area contributed by atoms with Gasteiger partial charge in [0.15, 0.2) is 0 Å². The molecule has 0 radical (unpaired) electrons. The standard InChI is InChI=1S/C22H33F3INO/c23-22(24,25)17-12-10-8-6-4-2-1-3-5-7-9-11-16-21(28)27-20-15-13-14-19(26)18-20/h13-15,18H,1-12,16-17H2,(H,27,28). The predicted molar refractivity (Wildman–Crippen MR) is 118 cm³/mol. The first-order valence-corrected chi connectivity index (χ1v) is 11.6. The minimum Gasteiger partial charge on any atom is -0.326 e. The Morgan fingerprint density at radius 2 is 1.32 bits per heavy atom. The van der Waals surface area contributed by atoms with Crippen molar-refractivity contribution in [3.63, 3.8) is 0 Å². The second-order valence-corrected chi connectivity index (χ2v) is 8.66. The third-order valence-corrected chi connectivity index (χ3v) is 5.39. The Hall–Kier alpha value is -0.790. The fraction of sp³-hybridized carbons (Fsp3) is 0.682. The number of hydrogen-bond acceptors (Lipinski definition) is 1. The van der Waals surface area contributed by atoms with Crippen molar-refractivity contribution >= 4 is 34.2 Å². The molecule has 0 aliphatic rings. The van der Waals surface area contributed by atoms with Gasteiger partial charge in [-0.15, -0.1) is 0 Å². The van der Waals surface area contributed by atoms with Gasteiger partial charge in [0.1, 0.15) is 0 Å². The van der Waals surface area contributed by atoms with Crippen molar-refractivity contribution in [2.45, 2.75) is 96.1 Å². The van der Waals surface area contributed by atoms with Crippen LogP contribution in [0.3, 0.4) is 0 Å². The number of carbonyl (C=O) groups is 1. The van der Waals surface area contributed by atoms with Crippen molar-refractivity contribution in [2.75, 3.05) is 5.32 Å². The molecule has 1 aromatic rings. The zero-order chi connectivity index (χ0) is 20.7. The SMILES string of the molecule is O=C(CCCCCCCCCCCCCCC(F)(F)F)Nc1cccc(I)c1. The molecule has 0 atom stereocenters. The second-order valence-electron chi connectivity index (χ2n) is 7.42. The first kappa shape index (κ1) is 25.2. The molecule has 1 aromatic carbocycles. The number of amides is 1. The summed E-state index contributed by atoms with van der Waals surface area (Å²) < 4.78 is 37.1. The van der Waals surface area contributed by atoms with Crippen LogP contribution >= 0.6 is 22.6 Å². The van der Waals surface area contributed by atoms with Gasteiger partial charge in [-0.25, -0.2) is 0 Å². The van der Waals surface area contributed by atoms with E-state index in [0.29, 0.717) is 12.8 Å². The van der Waals surface area contributed by atoms with Gasteiger partial charge in [-0.1, -0.05) is 70.3 Å². The highest BCUT2D eigenvalue weighted by Gasteiger charge is 2.25. The van der Waals surface area contributed by atoms with Gasteiger partial charge in [0.2, 0.25) is 5.91 Å². The Bertz CT molecular complexity index is 549. The van der Waals surface area contributed by atoms with Crippen LogP contribution in [-0.4, -0.2) is 12.1 Å². The van der Waals surface area contributed by atoms with E-state index >= 15 is 0 Å². The number of anilines is 1. The molecule has 0 spiro atoms. The first-order chi connectivity index (χ1) is 13.4. The number of nitrogens with one attached hydrogen (secondary N) is 1. The lowest BCUT2D eigenvalue weighted by Crippen LogP contribution is -2.11. The molecule has 0 aromatic heterocycles. The fourth-order valence-corrected chi connectivity index (χ4v) is 3.71. The van der Waals surface area contributed by atoms with Gasteiger partial charge >= 0.3 is 6.18 Å². The molecule has 6 heteroatoms. The first-order valence-electron chi connectivity index (χ1n) is 10.5. The van der Waals surface area contributed by atoms with E-state index in [1.807, 2.05) is 24.3 Å². The van der Waals surface area contributed by atoms with Crippen molar-refractivity contribution in [3.8, 4) is 0 Å². The van der Waals surface area contributed by atoms with Crippen LogP contribution in [0.15, 0.2) is 24.3 Å². The highest BCUT2D eigenvalue weighted by molar-refractivity contribution is 14.1. The minimum absolute atomic E-state index is 0.0808. The molecule has 0 aliphatic carbocycles. The molecule has 0 saturated heterocycles. The van der Waals surface area contributed by atoms with E-state index in [1.54, 1.807) is 0 Å². The molecule has 0 saturated carbocycles. The van der Waals surface area contributed by atoms with E-state index < -0.39 is 12.6 Å². The van der Waals surface area contributed by atoms with Gasteiger partial charge in [0.25, 0.3) is 0 Å². The quantitative estimate of drug-likeness (QED) is 0.186. The maximum Gasteiger partial charge on any atom is 0.389 e. The molecule has 28 heavy (non-hydrogen) atoms. The zero-order valence-electron chi connectivity index (χ0n) is 16.6. The van der Waals surface area contributed by atoms with E-state index in [9.17, 15) is 18.0 Å². The molecule has 0 aliphatic heterocycles. The molecule has 160 valence electrons. The van der Waals surface area contributed by atoms with Gasteiger partial charge in [-0.05, 0) is 53.6 Å². The van der Waals surface area contributed by atoms with Crippen LogP contribution in [0.2, 0.25) is 0 Å². The average molecular weight is 511 g/mol. The summed E-state index contributed by atoms with van der Waals surface area (Å²) in [6.45, 7) is 0. The van der Waals surface area contributed by atoms with Crippen LogP contribution < -0.4 is 5.32 Å². The lowest BCUT2D eigenvalue weighted by molar-refractivity contribution is -0.135. The number of halogens is 4. The maximum atomic E-state index is 12.0. The summed E-state index contributed by atoms with van der Waals surface area (Å²) in [5.74, 6) is 0.0808. The summed E-state index contributed by atoms with van der Waals surface area (Å²) in [4.78, 5) is 11.9. The summed E-state index contributed by atoms with van der Waals surface area (Å²) in [5.41, 5.74) is 0.859. The molecule has 0 bridgehead atoms. The zero-order valence-corrected chi connectivity index (χ0v) is 18.8. The number of rotatable bonds is 15. The van der Waals surface area contributed by atoms with Crippen molar-refractivity contribution < 1.29 is 18.0 Å². The van der Waals surface area contributed by atoms with Crippen molar-refractivity contribution in [1.29, 1.82) is 0 Å². The van der Waals surface area contributed by atoms with Crippen LogP contribution in [0, 0.1) is 3.57 Å². The highest BCUT2D eigenvalue weighted by Crippen LogP contribution is 2.23. The summed E-state index contributed by atoms with van der Waals surface area (Å²) in [7, 11) is 0. The molecule has 1 N–H and O–H groups in total. The Kier molecular flexibility index (Phi) is 13.6. The van der Waals surface area contributed by atoms with E-state index in [-0.39, 0.29) is 12.3 Å². The number of alkyl halides is 3. The fourth-order valence-electron chi connectivity index (χ4n) is 3.17. The van der Waals surface area contributed by atoms with Gasteiger partial charge in [0, 0.05) is 22.1 Å². The summed E-state index contributed by atoms with van der Waals surface area (Å²) in [6, 6.07) is 7.80. The average Bonchev–Trinajstić information content (AvgIpc) is 2.61. The maximum absolute atomic E-state index is 12.0. The van der Waals surface area contributed by atoms with Gasteiger partial charge in [-0.2, -0.15) is 13.2 Å². The largest absolute Gasteiger partial charge is 0.389 e. The number of unbranched alkanes of at least 4 members (excludes halogenated alkanes) is 11. The molecule has 1 rings (SSSR count). The predicted octanol–water partition coefficient (Wildman–Crippen LogP) is 8.25. The van der Waals surface area contributed by atoms with Gasteiger partial charge in [0.05, 0.1) is 0 Å². The Balaban J connectivity index is 1.83. The third kappa shape index (κ3) is 15.2. The van der Waals surface area contributed by atoms with Crippen molar-refractivity contribution in [2.24, 2.45) is 0 Å². The van der Waals surface area contributed by atoms with Crippen molar-refractivity contribution in [1.82, 2.24) is 0 Å². The smallest absolute Gasteiger partial charge is 0.326 e.